The van der Waals surface area contributed by atoms with Crippen LogP contribution in [0, 0.1) is 0 Å². The molecule has 1 rings (SSSR count). The van der Waals surface area contributed by atoms with Gasteiger partial charge in [0.15, 0.2) is 18.1 Å². The number of amides is 1. The molecule has 112 valence electrons. The van der Waals surface area contributed by atoms with Gasteiger partial charge in [-0.1, -0.05) is 6.07 Å². The number of ether oxygens (including phenoxy) is 3. The van der Waals surface area contributed by atoms with Crippen molar-refractivity contribution in [1.82, 2.24) is 5.32 Å². The first-order chi connectivity index (χ1) is 9.60. The third-order valence-electron chi connectivity index (χ3n) is 2.65. The van der Waals surface area contributed by atoms with Crippen LogP contribution in [0.2, 0.25) is 0 Å². The highest BCUT2D eigenvalue weighted by atomic mass is 16.5. The predicted octanol–water partition coefficient (Wildman–Crippen LogP) is 0.684. The average molecular weight is 282 g/mol. The fourth-order valence-corrected chi connectivity index (χ4v) is 1.71. The summed E-state index contributed by atoms with van der Waals surface area (Å²) in [6.45, 7) is 2.63. The van der Waals surface area contributed by atoms with Crippen LogP contribution in [0.5, 0.6) is 11.5 Å². The van der Waals surface area contributed by atoms with Crippen molar-refractivity contribution in [2.45, 2.75) is 19.5 Å². The van der Waals surface area contributed by atoms with Gasteiger partial charge in [-0.15, -0.1) is 0 Å². The summed E-state index contributed by atoms with van der Waals surface area (Å²) in [6, 6.07) is 5.33. The van der Waals surface area contributed by atoms with Crippen LogP contribution in [0.4, 0.5) is 0 Å². The van der Waals surface area contributed by atoms with Gasteiger partial charge in [0.25, 0.3) is 5.91 Å². The molecule has 0 aromatic heterocycles. The van der Waals surface area contributed by atoms with E-state index < -0.39 is 0 Å². The number of benzene rings is 1. The molecule has 0 heterocycles. The highest BCUT2D eigenvalue weighted by Crippen LogP contribution is 2.27. The zero-order valence-corrected chi connectivity index (χ0v) is 12.1. The molecular weight excluding hydrogens is 260 g/mol. The van der Waals surface area contributed by atoms with E-state index in [-0.39, 0.29) is 18.6 Å². The van der Waals surface area contributed by atoms with Crippen molar-refractivity contribution >= 4 is 5.91 Å². The first-order valence-electron chi connectivity index (χ1n) is 6.38. The minimum absolute atomic E-state index is 0.0617. The number of carbonyl (C=O) groups is 1. The minimum Gasteiger partial charge on any atom is -0.493 e. The highest BCUT2D eigenvalue weighted by Gasteiger charge is 2.10. The Morgan fingerprint density at radius 2 is 2.10 bits per heavy atom. The Morgan fingerprint density at radius 3 is 2.70 bits per heavy atom. The van der Waals surface area contributed by atoms with Gasteiger partial charge in [0, 0.05) is 19.7 Å². The maximum atomic E-state index is 11.7. The number of hydrogen-bond acceptors (Lipinski definition) is 5. The molecule has 1 unspecified atom stereocenters. The Bertz CT molecular complexity index is 437. The first kappa shape index (κ1) is 16.3. The van der Waals surface area contributed by atoms with Gasteiger partial charge in [0.1, 0.15) is 0 Å². The molecule has 0 saturated heterocycles. The highest BCUT2D eigenvalue weighted by molar-refractivity contribution is 5.77. The molecule has 6 heteroatoms. The van der Waals surface area contributed by atoms with Crippen molar-refractivity contribution in [1.29, 1.82) is 0 Å². The molecule has 0 aliphatic heterocycles. The molecule has 0 radical (unpaired) electrons. The Balaban J connectivity index is 2.57. The van der Waals surface area contributed by atoms with E-state index >= 15 is 0 Å². The van der Waals surface area contributed by atoms with Gasteiger partial charge < -0.3 is 25.3 Å². The fourth-order valence-electron chi connectivity index (χ4n) is 1.71. The molecule has 0 spiro atoms. The summed E-state index contributed by atoms with van der Waals surface area (Å²) < 4.78 is 15.6. The molecule has 0 fully saturated rings. The normalized spacial score (nSPS) is 11.8. The molecular formula is C14H22N2O4. The van der Waals surface area contributed by atoms with Crippen molar-refractivity contribution in [3.8, 4) is 11.5 Å². The quantitative estimate of drug-likeness (QED) is 0.733. The zero-order chi connectivity index (χ0) is 15.0. The lowest BCUT2D eigenvalue weighted by Gasteiger charge is -2.14. The Morgan fingerprint density at radius 1 is 1.35 bits per heavy atom. The van der Waals surface area contributed by atoms with Crippen LogP contribution in [-0.2, 0) is 16.1 Å². The lowest BCUT2D eigenvalue weighted by molar-refractivity contribution is -0.124. The Kier molecular flexibility index (Phi) is 6.83. The lowest BCUT2D eigenvalue weighted by Crippen LogP contribution is -2.38. The van der Waals surface area contributed by atoms with E-state index in [0.29, 0.717) is 24.7 Å². The van der Waals surface area contributed by atoms with Crippen LogP contribution >= 0.6 is 0 Å². The van der Waals surface area contributed by atoms with Crippen LogP contribution in [0.1, 0.15) is 12.5 Å². The molecule has 20 heavy (non-hydrogen) atoms. The summed E-state index contributed by atoms with van der Waals surface area (Å²) in [5.74, 6) is 0.861. The summed E-state index contributed by atoms with van der Waals surface area (Å²) in [7, 11) is 3.13. The first-order valence-corrected chi connectivity index (χ1v) is 6.38. The van der Waals surface area contributed by atoms with Crippen LogP contribution in [0.3, 0.4) is 0 Å². The van der Waals surface area contributed by atoms with Gasteiger partial charge in [0.05, 0.1) is 13.7 Å². The summed E-state index contributed by atoms with van der Waals surface area (Å²) in [4.78, 5) is 11.7. The predicted molar refractivity (Wildman–Crippen MR) is 75.9 cm³/mol. The number of nitrogens with one attached hydrogen (secondary N) is 1. The second-order valence-corrected chi connectivity index (χ2v) is 4.40. The van der Waals surface area contributed by atoms with Gasteiger partial charge >= 0.3 is 0 Å². The van der Waals surface area contributed by atoms with E-state index in [2.05, 4.69) is 5.32 Å². The van der Waals surface area contributed by atoms with Crippen molar-refractivity contribution in [2.24, 2.45) is 5.73 Å². The molecule has 0 bridgehead atoms. The third-order valence-corrected chi connectivity index (χ3v) is 2.65. The molecule has 1 aromatic rings. The van der Waals surface area contributed by atoms with E-state index in [9.17, 15) is 4.79 Å². The van der Waals surface area contributed by atoms with E-state index in [0.717, 1.165) is 5.56 Å². The topological polar surface area (TPSA) is 82.8 Å². The second-order valence-electron chi connectivity index (χ2n) is 4.40. The van der Waals surface area contributed by atoms with E-state index in [1.54, 1.807) is 26.4 Å². The Hall–Kier alpha value is -1.79. The molecule has 3 N–H and O–H groups in total. The number of methoxy groups -OCH3 is 2. The third kappa shape index (κ3) is 5.07. The minimum atomic E-state index is -0.213. The molecule has 1 amide bonds. The largest absolute Gasteiger partial charge is 0.493 e. The van der Waals surface area contributed by atoms with Crippen molar-refractivity contribution in [3.63, 3.8) is 0 Å². The zero-order valence-electron chi connectivity index (χ0n) is 12.1. The monoisotopic (exact) mass is 282 g/mol. The van der Waals surface area contributed by atoms with Crippen LogP contribution in [0.15, 0.2) is 18.2 Å². The molecule has 0 aliphatic rings. The van der Waals surface area contributed by atoms with Crippen molar-refractivity contribution in [3.05, 3.63) is 23.8 Å². The van der Waals surface area contributed by atoms with Gasteiger partial charge in [-0.2, -0.15) is 0 Å². The standard InChI is InChI=1S/C14H22N2O4/c1-10(8-18-2)16-14(17)9-20-13-6-11(7-15)4-5-12(13)19-3/h4-6,10H,7-9,15H2,1-3H3,(H,16,17). The number of rotatable bonds is 8. The second kappa shape index (κ2) is 8.39. The van der Waals surface area contributed by atoms with Gasteiger partial charge in [-0.25, -0.2) is 0 Å². The summed E-state index contributed by atoms with van der Waals surface area (Å²) >= 11 is 0. The smallest absolute Gasteiger partial charge is 0.258 e. The maximum Gasteiger partial charge on any atom is 0.258 e. The van der Waals surface area contributed by atoms with E-state index in [4.69, 9.17) is 19.9 Å². The van der Waals surface area contributed by atoms with Crippen molar-refractivity contribution in [2.75, 3.05) is 27.4 Å². The SMILES string of the molecule is COCC(C)NC(=O)COc1cc(CN)ccc1OC. The van der Waals surface area contributed by atoms with Gasteiger partial charge in [0.2, 0.25) is 0 Å². The fraction of sp³-hybridized carbons (Fsp3) is 0.500. The van der Waals surface area contributed by atoms with Gasteiger partial charge in [-0.3, -0.25) is 4.79 Å². The van der Waals surface area contributed by atoms with E-state index in [1.165, 1.54) is 0 Å². The molecule has 0 aliphatic carbocycles. The summed E-state index contributed by atoms with van der Waals surface area (Å²) in [6.07, 6.45) is 0. The lowest BCUT2D eigenvalue weighted by atomic mass is 10.2. The number of hydrogen-bond donors (Lipinski definition) is 2. The molecule has 1 atom stereocenters. The number of nitrogens with two attached hydrogens (primary N) is 1. The summed E-state index contributed by atoms with van der Waals surface area (Å²) in [5, 5.41) is 2.76. The van der Waals surface area contributed by atoms with E-state index in [1.807, 2.05) is 13.0 Å². The molecule has 1 aromatic carbocycles. The average Bonchev–Trinajstić information content (AvgIpc) is 2.44. The van der Waals surface area contributed by atoms with Crippen molar-refractivity contribution < 1.29 is 19.0 Å². The van der Waals surface area contributed by atoms with Crippen LogP contribution < -0.4 is 20.5 Å². The van der Waals surface area contributed by atoms with Crippen LogP contribution in [-0.4, -0.2) is 39.4 Å². The Labute approximate surface area is 119 Å². The number of carbonyl (C=O) groups excluding carboxylic acids is 1. The van der Waals surface area contributed by atoms with Crippen LogP contribution in [0.25, 0.3) is 0 Å². The van der Waals surface area contributed by atoms with Gasteiger partial charge in [-0.05, 0) is 24.6 Å². The maximum absolute atomic E-state index is 11.7. The molecule has 6 nitrogen and oxygen atoms in total. The molecule has 0 saturated carbocycles. The summed E-state index contributed by atoms with van der Waals surface area (Å²) in [5.41, 5.74) is 6.49.